The van der Waals surface area contributed by atoms with Gasteiger partial charge in [-0.15, -0.1) is 10.2 Å². The first-order valence-corrected chi connectivity index (χ1v) is 10.6. The Morgan fingerprint density at radius 3 is 2.77 bits per heavy atom. The van der Waals surface area contributed by atoms with Crippen LogP contribution in [0.1, 0.15) is 11.1 Å². The number of benzene rings is 2. The molecule has 1 amide bonds. The first-order chi connectivity index (χ1) is 14.5. The van der Waals surface area contributed by atoms with Gasteiger partial charge >= 0.3 is 0 Å². The number of hydrazone groups is 1. The van der Waals surface area contributed by atoms with Gasteiger partial charge in [-0.25, -0.2) is 10.1 Å². The van der Waals surface area contributed by atoms with Gasteiger partial charge in [0.25, 0.3) is 5.95 Å². The molecule has 0 radical (unpaired) electrons. The van der Waals surface area contributed by atoms with Gasteiger partial charge in [0.2, 0.25) is 11.1 Å². The van der Waals surface area contributed by atoms with E-state index in [0.717, 1.165) is 27.0 Å². The van der Waals surface area contributed by atoms with Crippen molar-refractivity contribution in [1.82, 2.24) is 14.9 Å². The number of nitrogens with one attached hydrogen (secondary N) is 2. The van der Waals surface area contributed by atoms with E-state index in [0.29, 0.717) is 5.16 Å². The molecule has 156 valence electrons. The van der Waals surface area contributed by atoms with Crippen molar-refractivity contribution in [2.75, 3.05) is 29.4 Å². The maximum absolute atomic E-state index is 12.3. The molecule has 2 aromatic carbocycles. The fraction of sp³-hybridized carbons (Fsp3) is 0.158. The molecule has 0 saturated carbocycles. The summed E-state index contributed by atoms with van der Waals surface area (Å²) in [5.41, 5.74) is 5.28. The predicted molar refractivity (Wildman–Crippen MR) is 123 cm³/mol. The minimum absolute atomic E-state index is 0.128. The molecule has 4 N–H and O–H groups in total. The number of nitrogens with zero attached hydrogens (tertiary/aromatic N) is 4. The lowest BCUT2D eigenvalue weighted by atomic mass is 10.2. The summed E-state index contributed by atoms with van der Waals surface area (Å²) in [4.78, 5) is 12.3. The number of amides is 1. The summed E-state index contributed by atoms with van der Waals surface area (Å²) < 4.78 is 7.40. The highest BCUT2D eigenvalue weighted by molar-refractivity contribution is 9.10. The average Bonchev–Trinajstić information content (AvgIpc) is 3.09. The van der Waals surface area contributed by atoms with Gasteiger partial charge in [0.05, 0.1) is 19.1 Å². The van der Waals surface area contributed by atoms with E-state index in [1.807, 2.05) is 37.3 Å². The number of rotatable bonds is 8. The van der Waals surface area contributed by atoms with Crippen molar-refractivity contribution in [3.63, 3.8) is 0 Å². The third-order valence-electron chi connectivity index (χ3n) is 3.95. The van der Waals surface area contributed by atoms with E-state index in [1.165, 1.54) is 16.4 Å². The van der Waals surface area contributed by atoms with Crippen LogP contribution in [0, 0.1) is 6.92 Å². The van der Waals surface area contributed by atoms with Crippen LogP contribution in [0.4, 0.5) is 11.6 Å². The van der Waals surface area contributed by atoms with Gasteiger partial charge in [-0.2, -0.15) is 5.10 Å². The van der Waals surface area contributed by atoms with Crippen molar-refractivity contribution in [2.45, 2.75) is 12.1 Å². The van der Waals surface area contributed by atoms with E-state index >= 15 is 0 Å². The van der Waals surface area contributed by atoms with E-state index in [9.17, 15) is 4.79 Å². The highest BCUT2D eigenvalue weighted by Gasteiger charge is 2.13. The van der Waals surface area contributed by atoms with Gasteiger partial charge in [-0.1, -0.05) is 39.8 Å². The molecule has 0 aliphatic rings. The first kappa shape index (κ1) is 21.7. The maximum Gasteiger partial charge on any atom is 0.264 e. The van der Waals surface area contributed by atoms with Crippen molar-refractivity contribution >= 4 is 51.4 Å². The van der Waals surface area contributed by atoms with Gasteiger partial charge in [0.15, 0.2) is 0 Å². The standard InChI is InChI=1S/C19H20BrN7O2S/c1-12-9-15(29-2)7-8-16(12)23-17(28)11-30-19-26-25-18(27(19)21)24-22-10-13-3-5-14(20)6-4-13/h3-10H,11,21H2,1-2H3,(H,23,28)(H,24,25)/b22-10+. The fourth-order valence-corrected chi connectivity index (χ4v) is 3.31. The van der Waals surface area contributed by atoms with Crippen molar-refractivity contribution in [1.29, 1.82) is 0 Å². The number of methoxy groups -OCH3 is 1. The van der Waals surface area contributed by atoms with E-state index in [1.54, 1.807) is 25.5 Å². The normalized spacial score (nSPS) is 10.9. The molecule has 11 heteroatoms. The van der Waals surface area contributed by atoms with Crippen LogP contribution in [0.3, 0.4) is 0 Å². The molecule has 3 rings (SSSR count). The number of halogens is 1. The smallest absolute Gasteiger partial charge is 0.264 e. The second-order valence-electron chi connectivity index (χ2n) is 6.12. The van der Waals surface area contributed by atoms with Crippen LogP contribution in [-0.2, 0) is 4.79 Å². The third-order valence-corrected chi connectivity index (χ3v) is 5.42. The Labute approximate surface area is 186 Å². The van der Waals surface area contributed by atoms with Crippen LogP contribution in [0.15, 0.2) is 57.2 Å². The number of carbonyl (C=O) groups excluding carboxylic acids is 1. The second-order valence-corrected chi connectivity index (χ2v) is 7.97. The van der Waals surface area contributed by atoms with Crippen molar-refractivity contribution in [2.24, 2.45) is 5.10 Å². The quantitative estimate of drug-likeness (QED) is 0.192. The fourth-order valence-electron chi connectivity index (χ4n) is 2.38. The summed E-state index contributed by atoms with van der Waals surface area (Å²) in [5.74, 6) is 6.92. The van der Waals surface area contributed by atoms with Crippen LogP contribution in [-0.4, -0.2) is 39.9 Å². The van der Waals surface area contributed by atoms with E-state index in [-0.39, 0.29) is 17.6 Å². The maximum atomic E-state index is 12.3. The van der Waals surface area contributed by atoms with E-state index in [2.05, 4.69) is 42.0 Å². The molecule has 0 spiro atoms. The largest absolute Gasteiger partial charge is 0.497 e. The lowest BCUT2D eigenvalue weighted by Gasteiger charge is -2.09. The highest BCUT2D eigenvalue weighted by Crippen LogP contribution is 2.22. The molecular formula is C19H20BrN7O2S. The van der Waals surface area contributed by atoms with Gasteiger partial charge in [0.1, 0.15) is 5.75 Å². The molecule has 30 heavy (non-hydrogen) atoms. The van der Waals surface area contributed by atoms with Gasteiger partial charge in [0, 0.05) is 10.2 Å². The minimum atomic E-state index is -0.181. The zero-order valence-corrected chi connectivity index (χ0v) is 18.7. The Morgan fingerprint density at radius 1 is 1.30 bits per heavy atom. The molecular weight excluding hydrogens is 470 g/mol. The summed E-state index contributed by atoms with van der Waals surface area (Å²) >= 11 is 4.55. The van der Waals surface area contributed by atoms with Crippen molar-refractivity contribution in [3.05, 3.63) is 58.1 Å². The Bertz CT molecular complexity index is 1050. The molecule has 1 aromatic heterocycles. The number of carbonyl (C=O) groups is 1. The summed E-state index contributed by atoms with van der Waals surface area (Å²) in [6.07, 6.45) is 1.64. The Balaban J connectivity index is 1.53. The lowest BCUT2D eigenvalue weighted by Crippen LogP contribution is -2.17. The first-order valence-electron chi connectivity index (χ1n) is 8.78. The summed E-state index contributed by atoms with van der Waals surface area (Å²) in [7, 11) is 1.60. The summed E-state index contributed by atoms with van der Waals surface area (Å²) in [5, 5.41) is 15.3. The molecule has 0 aliphatic carbocycles. The van der Waals surface area contributed by atoms with Crippen LogP contribution >= 0.6 is 27.7 Å². The summed E-state index contributed by atoms with van der Waals surface area (Å²) in [6, 6.07) is 13.1. The Kier molecular flexibility index (Phi) is 7.31. The Morgan fingerprint density at radius 2 is 2.07 bits per heavy atom. The number of aryl methyl sites for hydroxylation is 1. The molecule has 3 aromatic rings. The molecule has 1 heterocycles. The van der Waals surface area contributed by atoms with E-state index in [4.69, 9.17) is 10.6 Å². The monoisotopic (exact) mass is 489 g/mol. The summed E-state index contributed by atoms with van der Waals surface area (Å²) in [6.45, 7) is 1.90. The number of thioether (sulfide) groups is 1. The topological polar surface area (TPSA) is 119 Å². The lowest BCUT2D eigenvalue weighted by molar-refractivity contribution is -0.113. The van der Waals surface area contributed by atoms with Crippen LogP contribution in [0.5, 0.6) is 5.75 Å². The van der Waals surface area contributed by atoms with Crippen LogP contribution < -0.4 is 21.3 Å². The number of ether oxygens (including phenoxy) is 1. The molecule has 9 nitrogen and oxygen atoms in total. The second kappa shape index (κ2) is 10.1. The van der Waals surface area contributed by atoms with Gasteiger partial charge in [-0.3, -0.25) is 4.79 Å². The predicted octanol–water partition coefficient (Wildman–Crippen LogP) is 3.25. The highest BCUT2D eigenvalue weighted by atomic mass is 79.9. The van der Waals surface area contributed by atoms with E-state index < -0.39 is 0 Å². The number of hydrogen-bond donors (Lipinski definition) is 3. The number of nitrogen functional groups attached to an aromatic ring is 1. The van der Waals surface area contributed by atoms with Gasteiger partial charge in [-0.05, 0) is 48.4 Å². The number of hydrogen-bond acceptors (Lipinski definition) is 8. The molecule has 0 fully saturated rings. The van der Waals surface area contributed by atoms with Crippen LogP contribution in [0.25, 0.3) is 0 Å². The number of anilines is 2. The van der Waals surface area contributed by atoms with Crippen molar-refractivity contribution in [3.8, 4) is 5.75 Å². The third kappa shape index (κ3) is 5.74. The number of aromatic nitrogens is 3. The average molecular weight is 490 g/mol. The zero-order chi connectivity index (χ0) is 21.5. The van der Waals surface area contributed by atoms with Crippen LogP contribution in [0.2, 0.25) is 0 Å². The SMILES string of the molecule is COc1ccc(NC(=O)CSc2nnc(N/N=C/c3ccc(Br)cc3)n2N)c(C)c1. The Hall–Kier alpha value is -3.05. The van der Waals surface area contributed by atoms with Crippen molar-refractivity contribution < 1.29 is 9.53 Å². The molecule has 0 saturated heterocycles. The molecule has 0 aliphatic heterocycles. The number of nitrogens with two attached hydrogens (primary N) is 1. The molecule has 0 atom stereocenters. The minimum Gasteiger partial charge on any atom is -0.497 e. The zero-order valence-electron chi connectivity index (χ0n) is 16.3. The van der Waals surface area contributed by atoms with Gasteiger partial charge < -0.3 is 15.9 Å². The molecule has 0 unspecified atom stereocenters. The molecule has 0 bridgehead atoms.